The second-order valence-electron chi connectivity index (χ2n) is 3.65. The van der Waals surface area contributed by atoms with Crippen LogP contribution in [0.2, 0.25) is 0 Å². The summed E-state index contributed by atoms with van der Waals surface area (Å²) in [6.07, 6.45) is 0.297. The summed E-state index contributed by atoms with van der Waals surface area (Å²) in [5, 5.41) is 8.60. The van der Waals surface area contributed by atoms with E-state index in [0.29, 0.717) is 25.9 Å². The van der Waals surface area contributed by atoms with E-state index in [1.165, 1.54) is 0 Å². The number of carbonyl (C=O) groups excluding carboxylic acids is 2. The Morgan fingerprint density at radius 1 is 1.47 bits per heavy atom. The first-order valence-electron chi connectivity index (χ1n) is 4.68. The third-order valence-corrected chi connectivity index (χ3v) is 2.54. The Morgan fingerprint density at radius 2 is 2.13 bits per heavy atom. The molecule has 0 amide bonds. The molecule has 0 radical (unpaired) electrons. The van der Waals surface area contributed by atoms with Crippen molar-refractivity contribution in [1.82, 2.24) is 9.80 Å². The van der Waals surface area contributed by atoms with E-state index in [0.717, 1.165) is 0 Å². The fourth-order valence-electron chi connectivity index (χ4n) is 1.65. The van der Waals surface area contributed by atoms with Gasteiger partial charge in [0.25, 0.3) is 0 Å². The van der Waals surface area contributed by atoms with Crippen LogP contribution in [0.4, 0.5) is 0 Å². The number of carboxylic acids is 1. The van der Waals surface area contributed by atoms with E-state index in [1.807, 2.05) is 0 Å². The summed E-state index contributed by atoms with van der Waals surface area (Å²) in [6.45, 7) is 1.42. The number of likely N-dealkylation sites (N-methyl/N-ethyl adjacent to an activating group) is 1. The zero-order chi connectivity index (χ0) is 11.4. The zero-order valence-electron chi connectivity index (χ0n) is 8.55. The number of rotatable bonds is 4. The van der Waals surface area contributed by atoms with Crippen LogP contribution in [-0.2, 0) is 14.4 Å². The summed E-state index contributed by atoms with van der Waals surface area (Å²) in [5.41, 5.74) is 0. The Hall–Kier alpha value is -1.27. The van der Waals surface area contributed by atoms with E-state index in [-0.39, 0.29) is 6.54 Å². The van der Waals surface area contributed by atoms with Crippen molar-refractivity contribution in [2.24, 2.45) is 0 Å². The molecule has 1 saturated heterocycles. The highest BCUT2D eigenvalue weighted by molar-refractivity contribution is 6.27. The van der Waals surface area contributed by atoms with Crippen LogP contribution in [0, 0.1) is 0 Å². The Labute approximate surface area is 87.5 Å². The molecule has 0 aromatic carbocycles. The number of hydrogen-bond acceptors (Lipinski definition) is 5. The Bertz CT molecular complexity index is 279. The van der Waals surface area contributed by atoms with Crippen LogP contribution in [0.5, 0.6) is 0 Å². The SMILES string of the molecule is CN1CCN(CC(=O)O)CC1C(=O)C=O. The monoisotopic (exact) mass is 214 g/mol. The van der Waals surface area contributed by atoms with E-state index < -0.39 is 17.8 Å². The largest absolute Gasteiger partial charge is 0.480 e. The standard InChI is InChI=1S/C9H14N2O4/c1-10-2-3-11(5-9(14)15)4-7(10)8(13)6-12/h6-7H,2-5H2,1H3,(H,14,15). The molecule has 6 heteroatoms. The molecule has 0 aromatic rings. The van der Waals surface area contributed by atoms with Crippen LogP contribution >= 0.6 is 0 Å². The minimum Gasteiger partial charge on any atom is -0.480 e. The number of carboxylic acid groups (broad SMARTS) is 1. The molecule has 6 nitrogen and oxygen atoms in total. The molecule has 1 aliphatic rings. The third-order valence-electron chi connectivity index (χ3n) is 2.54. The lowest BCUT2D eigenvalue weighted by Crippen LogP contribution is -2.55. The highest BCUT2D eigenvalue weighted by Crippen LogP contribution is 2.07. The van der Waals surface area contributed by atoms with E-state index in [2.05, 4.69) is 0 Å². The van der Waals surface area contributed by atoms with Crippen LogP contribution in [0.25, 0.3) is 0 Å². The number of ketones is 1. The average molecular weight is 214 g/mol. The van der Waals surface area contributed by atoms with Crippen LogP contribution in [0.15, 0.2) is 0 Å². The van der Waals surface area contributed by atoms with Crippen molar-refractivity contribution in [2.75, 3.05) is 33.2 Å². The molecule has 1 aliphatic heterocycles. The highest BCUT2D eigenvalue weighted by Gasteiger charge is 2.30. The van der Waals surface area contributed by atoms with E-state index in [4.69, 9.17) is 5.11 Å². The number of piperazine rings is 1. The van der Waals surface area contributed by atoms with Crippen LogP contribution in [0.3, 0.4) is 0 Å². The summed E-state index contributed by atoms with van der Waals surface area (Å²) >= 11 is 0. The Balaban J connectivity index is 2.59. The molecule has 1 atom stereocenters. The average Bonchev–Trinajstić information content (AvgIpc) is 2.19. The highest BCUT2D eigenvalue weighted by atomic mass is 16.4. The number of Topliss-reactive ketones (excluding diaryl/α,β-unsaturated/α-hetero) is 1. The summed E-state index contributed by atoms with van der Waals surface area (Å²) in [7, 11) is 1.75. The molecular weight excluding hydrogens is 200 g/mol. The number of carbonyl (C=O) groups is 3. The van der Waals surface area contributed by atoms with Gasteiger partial charge in [-0.2, -0.15) is 0 Å². The molecule has 0 aromatic heterocycles. The van der Waals surface area contributed by atoms with Gasteiger partial charge in [0.15, 0.2) is 6.29 Å². The maximum absolute atomic E-state index is 11.2. The van der Waals surface area contributed by atoms with Crippen molar-refractivity contribution < 1.29 is 19.5 Å². The first kappa shape index (κ1) is 11.8. The molecule has 1 heterocycles. The Morgan fingerprint density at radius 3 is 2.67 bits per heavy atom. The fourth-order valence-corrected chi connectivity index (χ4v) is 1.65. The molecule has 0 aliphatic carbocycles. The predicted octanol–water partition coefficient (Wildman–Crippen LogP) is -1.54. The van der Waals surface area contributed by atoms with Crippen molar-refractivity contribution in [3.05, 3.63) is 0 Å². The van der Waals surface area contributed by atoms with E-state index >= 15 is 0 Å². The molecule has 84 valence electrons. The molecule has 15 heavy (non-hydrogen) atoms. The molecule has 0 saturated carbocycles. The second kappa shape index (κ2) is 4.99. The molecular formula is C9H14N2O4. The van der Waals surface area contributed by atoms with Gasteiger partial charge in [-0.3, -0.25) is 24.2 Å². The Kier molecular flexibility index (Phi) is 3.93. The first-order chi connectivity index (χ1) is 7.04. The zero-order valence-corrected chi connectivity index (χ0v) is 8.55. The third kappa shape index (κ3) is 3.10. The summed E-state index contributed by atoms with van der Waals surface area (Å²) in [4.78, 5) is 35.5. The van der Waals surface area contributed by atoms with Gasteiger partial charge in [-0.15, -0.1) is 0 Å². The quantitative estimate of drug-likeness (QED) is 0.451. The number of aldehydes is 1. The van der Waals surface area contributed by atoms with Crippen LogP contribution in [0.1, 0.15) is 0 Å². The lowest BCUT2D eigenvalue weighted by molar-refractivity contribution is -0.140. The summed E-state index contributed by atoms with van der Waals surface area (Å²) < 4.78 is 0. The first-order valence-corrected chi connectivity index (χ1v) is 4.68. The van der Waals surface area contributed by atoms with Gasteiger partial charge in [0.1, 0.15) is 0 Å². The van der Waals surface area contributed by atoms with Crippen molar-refractivity contribution in [2.45, 2.75) is 6.04 Å². The van der Waals surface area contributed by atoms with Gasteiger partial charge in [-0.05, 0) is 7.05 Å². The van der Waals surface area contributed by atoms with Crippen LogP contribution < -0.4 is 0 Å². The van der Waals surface area contributed by atoms with E-state index in [9.17, 15) is 14.4 Å². The minimum absolute atomic E-state index is 0.0868. The van der Waals surface area contributed by atoms with Gasteiger partial charge in [-0.1, -0.05) is 0 Å². The molecule has 0 bridgehead atoms. The van der Waals surface area contributed by atoms with Crippen molar-refractivity contribution in [1.29, 1.82) is 0 Å². The molecule has 1 N–H and O–H groups in total. The van der Waals surface area contributed by atoms with Crippen molar-refractivity contribution in [3.8, 4) is 0 Å². The number of nitrogens with zero attached hydrogens (tertiary/aromatic N) is 2. The maximum Gasteiger partial charge on any atom is 0.317 e. The topological polar surface area (TPSA) is 77.9 Å². The summed E-state index contributed by atoms with van der Waals surface area (Å²) in [6, 6.07) is -0.504. The smallest absolute Gasteiger partial charge is 0.317 e. The lowest BCUT2D eigenvalue weighted by Gasteiger charge is -2.36. The van der Waals surface area contributed by atoms with Gasteiger partial charge in [0.05, 0.1) is 12.6 Å². The van der Waals surface area contributed by atoms with Gasteiger partial charge in [0, 0.05) is 19.6 Å². The van der Waals surface area contributed by atoms with Crippen molar-refractivity contribution in [3.63, 3.8) is 0 Å². The van der Waals surface area contributed by atoms with E-state index in [1.54, 1.807) is 16.8 Å². The molecule has 1 rings (SSSR count). The van der Waals surface area contributed by atoms with Crippen LogP contribution in [-0.4, -0.2) is 72.2 Å². The van der Waals surface area contributed by atoms with Crippen molar-refractivity contribution >= 4 is 18.0 Å². The fraction of sp³-hybridized carbons (Fsp3) is 0.667. The van der Waals surface area contributed by atoms with Gasteiger partial charge < -0.3 is 5.11 Å². The van der Waals surface area contributed by atoms with Gasteiger partial charge in [-0.25, -0.2) is 0 Å². The van der Waals surface area contributed by atoms with Gasteiger partial charge in [0.2, 0.25) is 5.78 Å². The lowest BCUT2D eigenvalue weighted by atomic mass is 10.1. The number of aliphatic carboxylic acids is 1. The minimum atomic E-state index is -0.920. The maximum atomic E-state index is 11.2. The normalized spacial score (nSPS) is 23.7. The summed E-state index contributed by atoms with van der Waals surface area (Å²) in [5.74, 6) is -1.41. The molecule has 1 fully saturated rings. The number of hydrogen-bond donors (Lipinski definition) is 1. The molecule has 1 unspecified atom stereocenters. The predicted molar refractivity (Wildman–Crippen MR) is 51.6 cm³/mol. The molecule has 0 spiro atoms. The van der Waals surface area contributed by atoms with Gasteiger partial charge >= 0.3 is 5.97 Å². The second-order valence-corrected chi connectivity index (χ2v) is 3.65.